The highest BCUT2D eigenvalue weighted by Gasteiger charge is 2.33. The Labute approximate surface area is 180 Å². The number of rotatable bonds is 7. The maximum Gasteiger partial charge on any atom is 0.278 e. The number of methoxy groups -OCH3 is 3. The number of piperazine rings is 1. The highest BCUT2D eigenvalue weighted by atomic mass is 16.5. The van der Waals surface area contributed by atoms with Crippen LogP contribution < -0.4 is 24.0 Å². The molecule has 0 radical (unpaired) electrons. The van der Waals surface area contributed by atoms with Gasteiger partial charge in [0.1, 0.15) is 32.7 Å². The third kappa shape index (κ3) is 5.01. The van der Waals surface area contributed by atoms with E-state index in [0.29, 0.717) is 36.0 Å². The monoisotopic (exact) mass is 421 g/mol. The number of carbonyl (C=O) groups is 1. The average Bonchev–Trinajstić information content (AvgIpc) is 2.74. The quantitative estimate of drug-likeness (QED) is 0.640. The van der Waals surface area contributed by atoms with Gasteiger partial charge >= 0.3 is 0 Å². The van der Waals surface area contributed by atoms with Gasteiger partial charge < -0.3 is 28.9 Å². The maximum absolute atomic E-state index is 12.9. The van der Waals surface area contributed by atoms with E-state index in [-0.39, 0.29) is 0 Å². The molecule has 0 aromatic heterocycles. The molecule has 2 aliphatic rings. The molecule has 2 aliphatic heterocycles. The first-order chi connectivity index (χ1) is 14.5. The summed E-state index contributed by atoms with van der Waals surface area (Å²) in [6.45, 7) is 10.0. The van der Waals surface area contributed by atoms with Crippen LogP contribution in [0.2, 0.25) is 0 Å². The van der Waals surface area contributed by atoms with Crippen LogP contribution in [0.5, 0.6) is 17.2 Å². The number of hydrogen-bond acceptors (Lipinski definition) is 4. The van der Waals surface area contributed by atoms with E-state index in [1.165, 1.54) is 16.2 Å². The van der Waals surface area contributed by atoms with Crippen molar-refractivity contribution in [3.8, 4) is 17.2 Å². The van der Waals surface area contributed by atoms with Crippen molar-refractivity contribution in [2.24, 2.45) is 0 Å². The summed E-state index contributed by atoms with van der Waals surface area (Å²) in [5.41, 5.74) is 1.13. The van der Waals surface area contributed by atoms with Gasteiger partial charge in [0, 0.05) is 12.1 Å². The van der Waals surface area contributed by atoms with E-state index in [4.69, 9.17) is 14.2 Å². The number of hydrogen-bond donors (Lipinski definition) is 2. The predicted molar refractivity (Wildman–Crippen MR) is 116 cm³/mol. The van der Waals surface area contributed by atoms with E-state index in [2.05, 4.69) is 24.8 Å². The normalized spacial score (nSPS) is 26.9. The van der Waals surface area contributed by atoms with Gasteiger partial charge in [-0.25, -0.2) is 0 Å². The molecule has 0 spiro atoms. The van der Waals surface area contributed by atoms with Crippen molar-refractivity contribution in [2.75, 3.05) is 54.1 Å². The molecule has 3 rings (SSSR count). The molecular weight excluding hydrogens is 382 g/mol. The number of ether oxygens (including phenoxy) is 3. The van der Waals surface area contributed by atoms with Crippen molar-refractivity contribution < 1.29 is 28.8 Å². The van der Waals surface area contributed by atoms with Crippen molar-refractivity contribution in [2.45, 2.75) is 51.7 Å². The third-order valence-electron chi connectivity index (χ3n) is 6.77. The standard InChI is InChI=1S/C23H37N3O4/c1-17-7-6-8-18(2)26(17)21(27)16-25-13-11-24(12-14-25)15-19-9-10-20(28-3)23(30-5)22(19)29-4/h9-10,17-18H,6-8,11-16H2,1-5H3/p+2/t17-,18-/m0/s1. The Kier molecular flexibility index (Phi) is 7.83. The van der Waals surface area contributed by atoms with Crippen molar-refractivity contribution in [3.63, 3.8) is 0 Å². The van der Waals surface area contributed by atoms with Gasteiger partial charge in [0.25, 0.3) is 5.91 Å². The van der Waals surface area contributed by atoms with E-state index in [0.717, 1.165) is 56.9 Å². The zero-order valence-corrected chi connectivity index (χ0v) is 19.3. The van der Waals surface area contributed by atoms with E-state index in [1.807, 2.05) is 6.07 Å². The minimum atomic E-state index is 0.328. The highest BCUT2D eigenvalue weighted by molar-refractivity contribution is 5.77. The van der Waals surface area contributed by atoms with Gasteiger partial charge in [-0.15, -0.1) is 0 Å². The summed E-state index contributed by atoms with van der Waals surface area (Å²) in [4.78, 5) is 18.0. The Balaban J connectivity index is 1.55. The van der Waals surface area contributed by atoms with Crippen molar-refractivity contribution >= 4 is 5.91 Å². The fourth-order valence-corrected chi connectivity index (χ4v) is 5.10. The number of quaternary nitrogens is 2. The summed E-state index contributed by atoms with van der Waals surface area (Å²) >= 11 is 0. The Morgan fingerprint density at radius 2 is 1.53 bits per heavy atom. The zero-order chi connectivity index (χ0) is 21.7. The van der Waals surface area contributed by atoms with Crippen LogP contribution in [-0.4, -0.2) is 76.9 Å². The SMILES string of the molecule is COc1ccc(C[NH+]2CC[NH+](CC(=O)N3[C@@H](C)CCC[C@@H]3C)CC2)c(OC)c1OC. The molecule has 30 heavy (non-hydrogen) atoms. The maximum atomic E-state index is 12.9. The van der Waals surface area contributed by atoms with E-state index < -0.39 is 0 Å². The van der Waals surface area contributed by atoms with Crippen LogP contribution in [0, 0.1) is 0 Å². The molecule has 7 nitrogen and oxygen atoms in total. The molecule has 0 aliphatic carbocycles. The summed E-state index contributed by atoms with van der Waals surface area (Å²) in [7, 11) is 4.95. The number of piperidine rings is 1. The topological polar surface area (TPSA) is 56.9 Å². The molecule has 1 aromatic rings. The van der Waals surface area contributed by atoms with Crippen LogP contribution in [0.25, 0.3) is 0 Å². The third-order valence-corrected chi connectivity index (χ3v) is 6.77. The van der Waals surface area contributed by atoms with Crippen LogP contribution in [0.1, 0.15) is 38.7 Å². The van der Waals surface area contributed by atoms with Gasteiger partial charge in [-0.2, -0.15) is 0 Å². The zero-order valence-electron chi connectivity index (χ0n) is 19.3. The number of nitrogens with zero attached hydrogens (tertiary/aromatic N) is 1. The molecule has 2 N–H and O–H groups in total. The molecule has 1 amide bonds. The van der Waals surface area contributed by atoms with Gasteiger partial charge in [0.05, 0.1) is 26.9 Å². The van der Waals surface area contributed by atoms with Crippen molar-refractivity contribution in [1.82, 2.24) is 4.90 Å². The summed E-state index contributed by atoms with van der Waals surface area (Å²) in [6, 6.07) is 4.77. The van der Waals surface area contributed by atoms with Gasteiger partial charge in [-0.1, -0.05) is 0 Å². The fourth-order valence-electron chi connectivity index (χ4n) is 5.10. The van der Waals surface area contributed by atoms with Crippen LogP contribution >= 0.6 is 0 Å². The molecule has 2 saturated heterocycles. The molecule has 2 atom stereocenters. The van der Waals surface area contributed by atoms with E-state index >= 15 is 0 Å². The molecule has 7 heteroatoms. The Morgan fingerprint density at radius 1 is 0.933 bits per heavy atom. The van der Waals surface area contributed by atoms with Gasteiger partial charge in [-0.3, -0.25) is 4.79 Å². The molecular formula is C23H39N3O4+2. The van der Waals surface area contributed by atoms with Crippen molar-refractivity contribution in [1.29, 1.82) is 0 Å². The molecule has 2 fully saturated rings. The molecule has 2 heterocycles. The van der Waals surface area contributed by atoms with Gasteiger partial charge in [-0.05, 0) is 45.2 Å². The Morgan fingerprint density at radius 3 is 2.10 bits per heavy atom. The molecule has 0 saturated carbocycles. The summed E-state index contributed by atoms with van der Waals surface area (Å²) in [5, 5.41) is 0. The second-order valence-corrected chi connectivity index (χ2v) is 8.78. The number of nitrogens with one attached hydrogen (secondary N) is 2. The number of benzene rings is 1. The van der Waals surface area contributed by atoms with Gasteiger partial charge in [0.15, 0.2) is 18.0 Å². The van der Waals surface area contributed by atoms with Gasteiger partial charge in [0.2, 0.25) is 5.75 Å². The fraction of sp³-hybridized carbons (Fsp3) is 0.696. The summed E-state index contributed by atoms with van der Waals surface area (Å²) in [6.07, 6.45) is 3.51. The lowest BCUT2D eigenvalue weighted by Crippen LogP contribution is -3.28. The molecule has 1 aromatic carbocycles. The molecule has 168 valence electrons. The lowest BCUT2D eigenvalue weighted by molar-refractivity contribution is -1.02. The molecule has 0 unspecified atom stereocenters. The first kappa shape index (κ1) is 22.7. The van der Waals surface area contributed by atoms with E-state index in [9.17, 15) is 4.79 Å². The molecule has 0 bridgehead atoms. The Bertz CT molecular complexity index is 709. The lowest BCUT2D eigenvalue weighted by atomic mass is 9.97. The smallest absolute Gasteiger partial charge is 0.278 e. The second-order valence-electron chi connectivity index (χ2n) is 8.78. The summed E-state index contributed by atoms with van der Waals surface area (Å²) < 4.78 is 16.5. The van der Waals surface area contributed by atoms with Crippen molar-refractivity contribution in [3.05, 3.63) is 17.7 Å². The number of likely N-dealkylation sites (tertiary alicyclic amines) is 1. The van der Waals surface area contributed by atoms with E-state index in [1.54, 1.807) is 21.3 Å². The highest BCUT2D eigenvalue weighted by Crippen LogP contribution is 2.39. The van der Waals surface area contributed by atoms with Crippen LogP contribution in [-0.2, 0) is 11.3 Å². The van der Waals surface area contributed by atoms with Crippen LogP contribution in [0.4, 0.5) is 0 Å². The number of carbonyl (C=O) groups excluding carboxylic acids is 1. The first-order valence-corrected chi connectivity index (χ1v) is 11.2. The summed E-state index contributed by atoms with van der Waals surface area (Å²) in [5.74, 6) is 2.41. The average molecular weight is 422 g/mol. The predicted octanol–water partition coefficient (Wildman–Crippen LogP) is -0.215. The van der Waals surface area contributed by atoms with Crippen LogP contribution in [0.3, 0.4) is 0 Å². The first-order valence-electron chi connectivity index (χ1n) is 11.2. The number of amides is 1. The second kappa shape index (κ2) is 10.4. The lowest BCUT2D eigenvalue weighted by Gasteiger charge is -2.40. The minimum Gasteiger partial charge on any atom is -0.493 e. The largest absolute Gasteiger partial charge is 0.493 e. The van der Waals surface area contributed by atoms with Crippen LogP contribution in [0.15, 0.2) is 12.1 Å². The Hall–Kier alpha value is -1.99. The minimum absolute atomic E-state index is 0.328.